The van der Waals surface area contributed by atoms with Crippen molar-refractivity contribution < 1.29 is 19.1 Å². The minimum absolute atomic E-state index is 0.0498. The molecule has 2 aliphatic heterocycles. The number of aromatic nitrogens is 1. The van der Waals surface area contributed by atoms with E-state index in [0.29, 0.717) is 11.3 Å². The van der Waals surface area contributed by atoms with E-state index in [0.717, 1.165) is 16.3 Å². The molecule has 1 N–H and O–H groups in total. The number of carbonyl (C=O) groups excluding carboxylic acids is 3. The summed E-state index contributed by atoms with van der Waals surface area (Å²) in [7, 11) is 0. The van der Waals surface area contributed by atoms with E-state index in [-0.39, 0.29) is 64.1 Å². The van der Waals surface area contributed by atoms with Gasteiger partial charge in [-0.25, -0.2) is 4.79 Å². The number of nitrogens with one attached hydrogen (secondary N) is 1. The van der Waals surface area contributed by atoms with E-state index >= 15 is 0 Å². The first-order valence-electron chi connectivity index (χ1n) is 12.1. The Labute approximate surface area is 218 Å². The molecule has 1 aromatic carbocycles. The van der Waals surface area contributed by atoms with E-state index in [1.165, 1.54) is 21.1 Å². The third-order valence-corrected chi connectivity index (χ3v) is 11.8. The predicted octanol–water partition coefficient (Wildman–Crippen LogP) is 4.35. The number of imide groups is 1. The summed E-state index contributed by atoms with van der Waals surface area (Å²) < 4.78 is 5.05. The molecule has 7 atom stereocenters. The fourth-order valence-corrected chi connectivity index (χ4v) is 10.9. The van der Waals surface area contributed by atoms with Crippen LogP contribution < -0.4 is 9.77 Å². The maximum absolute atomic E-state index is 13.8. The van der Waals surface area contributed by atoms with E-state index in [9.17, 15) is 19.2 Å². The Morgan fingerprint density at radius 1 is 1.08 bits per heavy atom. The number of hydrogen-bond donors (Lipinski definition) is 1. The average Bonchev–Trinajstić information content (AvgIpc) is 3.67. The largest absolute Gasteiger partial charge is 0.462 e. The van der Waals surface area contributed by atoms with Crippen molar-refractivity contribution in [3.8, 4) is 0 Å². The zero-order chi connectivity index (χ0) is 24.7. The first-order valence-corrected chi connectivity index (χ1v) is 14.6. The first-order chi connectivity index (χ1) is 17.5. The van der Waals surface area contributed by atoms with Crippen molar-refractivity contribution in [2.45, 2.75) is 29.5 Å². The molecule has 0 radical (unpaired) electrons. The molecule has 4 aliphatic rings. The Balaban J connectivity index is 1.24. The van der Waals surface area contributed by atoms with Gasteiger partial charge in [-0.3, -0.25) is 19.3 Å². The van der Waals surface area contributed by atoms with Crippen LogP contribution in [0.4, 0.5) is 5.69 Å². The monoisotopic (exact) mass is 538 g/mol. The van der Waals surface area contributed by atoms with Gasteiger partial charge in [0.25, 0.3) is 0 Å². The number of nitrogens with zero attached hydrogens (tertiary/aromatic N) is 1. The van der Waals surface area contributed by atoms with Gasteiger partial charge in [0.15, 0.2) is 0 Å². The number of H-pyrrole nitrogens is 1. The molecular weight excluding hydrogens is 516 g/mol. The van der Waals surface area contributed by atoms with Crippen LogP contribution in [-0.4, -0.2) is 34.6 Å². The molecule has 2 bridgehead atoms. The number of hydrogen-bond acceptors (Lipinski definition) is 8. The minimum Gasteiger partial charge on any atom is -0.462 e. The second-order valence-electron chi connectivity index (χ2n) is 9.76. The Morgan fingerprint density at radius 3 is 2.53 bits per heavy atom. The van der Waals surface area contributed by atoms with Crippen LogP contribution in [-0.2, 0) is 14.3 Å². The Bertz CT molecular complexity index is 1440. The molecule has 1 saturated heterocycles. The molecule has 184 valence electrons. The van der Waals surface area contributed by atoms with E-state index in [1.54, 1.807) is 54.3 Å². The molecule has 2 saturated carbocycles. The summed E-state index contributed by atoms with van der Waals surface area (Å²) >= 11 is 4.67. The fourth-order valence-electron chi connectivity index (χ4n) is 7.02. The number of thiazole rings is 1. The molecule has 2 amide bonds. The smallest absolute Gasteiger partial charge is 0.338 e. The Hall–Kier alpha value is -2.69. The number of carbonyl (C=O) groups is 3. The molecule has 2 aliphatic carbocycles. The van der Waals surface area contributed by atoms with Crippen molar-refractivity contribution in [2.75, 3.05) is 11.5 Å². The number of esters is 1. The van der Waals surface area contributed by atoms with Gasteiger partial charge in [0.2, 0.25) is 11.8 Å². The number of thiophene rings is 1. The lowest BCUT2D eigenvalue weighted by molar-refractivity contribution is -0.123. The summed E-state index contributed by atoms with van der Waals surface area (Å²) in [5, 5.41) is 3.17. The second kappa shape index (κ2) is 8.16. The van der Waals surface area contributed by atoms with Crippen LogP contribution in [0.5, 0.6) is 0 Å². The Kier molecular flexibility index (Phi) is 5.10. The number of ether oxygens (including phenoxy) is 1. The highest BCUT2D eigenvalue weighted by Gasteiger charge is 2.69. The molecule has 7 nitrogen and oxygen atoms in total. The summed E-state index contributed by atoms with van der Waals surface area (Å²) in [5.41, 5.74) is 0.891. The van der Waals surface area contributed by atoms with Crippen molar-refractivity contribution in [3.63, 3.8) is 0 Å². The van der Waals surface area contributed by atoms with Crippen LogP contribution in [0.25, 0.3) is 0 Å². The Morgan fingerprint density at radius 2 is 1.83 bits per heavy atom. The van der Waals surface area contributed by atoms with Crippen LogP contribution in [0.2, 0.25) is 0 Å². The number of benzene rings is 1. The van der Waals surface area contributed by atoms with Gasteiger partial charge in [-0.2, -0.15) is 0 Å². The molecule has 2 aromatic heterocycles. The van der Waals surface area contributed by atoms with Gasteiger partial charge in [-0.05, 0) is 66.8 Å². The number of thioether (sulfide) groups is 1. The molecule has 7 rings (SSSR count). The number of amides is 2. The standard InChI is InChI=1S/C26H22N2O5S3/c1-2-33-25(31)11-5-7-12(8-6-11)28-23(29)17-13-10-14(18(17)24(28)30)20-16(13)19(15-4-3-9-34-15)21-22(35-20)27-26(32)36-21/h3-9,13-14,16-20H,2,10H2,1H3,(H,27,32)/t13-,14-,16+,17+,18+,19+,20-/m1/s1. The van der Waals surface area contributed by atoms with Gasteiger partial charge in [-0.1, -0.05) is 17.4 Å². The van der Waals surface area contributed by atoms with Crippen LogP contribution in [0.3, 0.4) is 0 Å². The lowest BCUT2D eigenvalue weighted by Crippen LogP contribution is -2.42. The average molecular weight is 539 g/mol. The number of aromatic amines is 1. The van der Waals surface area contributed by atoms with Crippen LogP contribution in [0, 0.1) is 29.6 Å². The van der Waals surface area contributed by atoms with Crippen molar-refractivity contribution >= 4 is 57.9 Å². The minimum atomic E-state index is -0.427. The molecule has 10 heteroatoms. The molecule has 3 aromatic rings. The van der Waals surface area contributed by atoms with Gasteiger partial charge in [0, 0.05) is 20.9 Å². The maximum atomic E-state index is 13.8. The SMILES string of the molecule is CCOC(=O)c1ccc(N2C(=O)[C@H]3[C@H]4C[C@@H]([C@@H]3C2=O)[C@H]2[C@H](c3cccs3)c3sc(=O)[nH]c3S[C@H]42)cc1. The van der Waals surface area contributed by atoms with Crippen molar-refractivity contribution in [1.29, 1.82) is 0 Å². The quantitative estimate of drug-likeness (QED) is 0.392. The van der Waals surface area contributed by atoms with Crippen LogP contribution in [0.15, 0.2) is 51.6 Å². The molecule has 0 spiro atoms. The van der Waals surface area contributed by atoms with Crippen LogP contribution in [0.1, 0.15) is 39.4 Å². The highest BCUT2D eigenvalue weighted by molar-refractivity contribution is 8.00. The molecular formula is C26H22N2O5S3. The van der Waals surface area contributed by atoms with Crippen molar-refractivity contribution in [1.82, 2.24) is 4.98 Å². The van der Waals surface area contributed by atoms with Gasteiger partial charge in [0.1, 0.15) is 0 Å². The van der Waals surface area contributed by atoms with Gasteiger partial charge in [-0.15, -0.1) is 23.1 Å². The third-order valence-electron chi connectivity index (χ3n) is 8.21. The summed E-state index contributed by atoms with van der Waals surface area (Å²) in [6.45, 7) is 2.03. The molecule has 3 fully saturated rings. The highest BCUT2D eigenvalue weighted by Crippen LogP contribution is 2.68. The highest BCUT2D eigenvalue weighted by atomic mass is 32.2. The lowest BCUT2D eigenvalue weighted by atomic mass is 9.69. The predicted molar refractivity (Wildman–Crippen MR) is 138 cm³/mol. The molecule has 36 heavy (non-hydrogen) atoms. The zero-order valence-corrected chi connectivity index (χ0v) is 21.7. The van der Waals surface area contributed by atoms with Crippen molar-refractivity contribution in [2.24, 2.45) is 29.6 Å². The molecule has 4 heterocycles. The second-order valence-corrected chi connectivity index (χ2v) is 12.9. The van der Waals surface area contributed by atoms with Gasteiger partial charge in [0.05, 0.1) is 34.7 Å². The third kappa shape index (κ3) is 3.04. The van der Waals surface area contributed by atoms with E-state index in [4.69, 9.17) is 4.74 Å². The van der Waals surface area contributed by atoms with E-state index in [2.05, 4.69) is 16.4 Å². The topological polar surface area (TPSA) is 96.5 Å². The summed E-state index contributed by atoms with van der Waals surface area (Å²) in [6, 6.07) is 10.7. The number of fused-ring (bicyclic) bond motifs is 9. The first kappa shape index (κ1) is 22.5. The maximum Gasteiger partial charge on any atom is 0.338 e. The number of anilines is 1. The van der Waals surface area contributed by atoms with Gasteiger partial charge < -0.3 is 9.72 Å². The number of rotatable bonds is 4. The summed E-state index contributed by atoms with van der Waals surface area (Å²) in [6.07, 6.45) is 0.867. The molecule has 0 unspecified atom stereocenters. The summed E-state index contributed by atoms with van der Waals surface area (Å²) in [5.74, 6) is -0.909. The normalized spacial score (nSPS) is 31.9. The van der Waals surface area contributed by atoms with Crippen molar-refractivity contribution in [3.05, 3.63) is 66.8 Å². The lowest BCUT2D eigenvalue weighted by Gasteiger charge is -2.42. The summed E-state index contributed by atoms with van der Waals surface area (Å²) in [4.78, 5) is 58.4. The fraction of sp³-hybridized carbons (Fsp3) is 0.385. The van der Waals surface area contributed by atoms with Crippen LogP contribution >= 0.6 is 34.4 Å². The van der Waals surface area contributed by atoms with Gasteiger partial charge >= 0.3 is 10.8 Å². The zero-order valence-electron chi connectivity index (χ0n) is 19.2. The van der Waals surface area contributed by atoms with E-state index in [1.807, 2.05) is 6.07 Å². The van der Waals surface area contributed by atoms with E-state index < -0.39 is 5.97 Å².